The number of fused-ring (bicyclic) bond motifs is 9. The lowest BCUT2D eigenvalue weighted by molar-refractivity contribution is 0.663. The minimum atomic E-state index is -0.145. The van der Waals surface area contributed by atoms with Crippen LogP contribution in [0.2, 0.25) is 0 Å². The van der Waals surface area contributed by atoms with Crippen molar-refractivity contribution in [2.24, 2.45) is 0 Å². The lowest BCUT2D eigenvalue weighted by Gasteiger charge is -2.26. The van der Waals surface area contributed by atoms with Gasteiger partial charge in [-0.3, -0.25) is 0 Å². The van der Waals surface area contributed by atoms with Crippen LogP contribution in [0.25, 0.3) is 85.9 Å². The van der Waals surface area contributed by atoms with Crippen LogP contribution in [0.1, 0.15) is 25.0 Å². The molecular weight excluding hydrogens is 573 g/mol. The largest absolute Gasteiger partial charge is 0.135 e. The Labute approximate surface area is 272 Å². The van der Waals surface area contributed by atoms with E-state index in [1.165, 1.54) is 97.0 Å². The number of hydrogen-bond acceptors (Lipinski definition) is 1. The molecule has 0 atom stereocenters. The van der Waals surface area contributed by atoms with Crippen molar-refractivity contribution in [3.8, 4) is 33.4 Å². The number of hydrogen-bond donors (Lipinski definition) is 0. The second-order valence-corrected chi connectivity index (χ2v) is 14.3. The van der Waals surface area contributed by atoms with Crippen LogP contribution in [-0.4, -0.2) is 0 Å². The molecule has 1 aromatic heterocycles. The van der Waals surface area contributed by atoms with Gasteiger partial charge < -0.3 is 0 Å². The molecule has 1 aliphatic carbocycles. The highest BCUT2D eigenvalue weighted by atomic mass is 32.1. The van der Waals surface area contributed by atoms with Crippen LogP contribution < -0.4 is 0 Å². The fraction of sp³-hybridized carbons (Fsp3) is 0.0667. The molecule has 0 spiro atoms. The van der Waals surface area contributed by atoms with Crippen LogP contribution >= 0.6 is 11.3 Å². The highest BCUT2D eigenvalue weighted by molar-refractivity contribution is 7.25. The van der Waals surface area contributed by atoms with Gasteiger partial charge in [0.25, 0.3) is 0 Å². The predicted octanol–water partition coefficient (Wildman–Crippen LogP) is 13.2. The summed E-state index contributed by atoms with van der Waals surface area (Å²) < 4.78 is 2.67. The molecule has 10 rings (SSSR count). The molecule has 0 saturated heterocycles. The summed E-state index contributed by atoms with van der Waals surface area (Å²) in [6.45, 7) is 4.83. The lowest BCUT2D eigenvalue weighted by Crippen LogP contribution is -2.16. The van der Waals surface area contributed by atoms with E-state index in [1.807, 2.05) is 11.3 Å². The van der Waals surface area contributed by atoms with Gasteiger partial charge in [0, 0.05) is 25.6 Å². The monoisotopic (exact) mass is 602 g/mol. The first kappa shape index (κ1) is 26.0. The predicted molar refractivity (Wildman–Crippen MR) is 200 cm³/mol. The van der Waals surface area contributed by atoms with Gasteiger partial charge in [-0.25, -0.2) is 0 Å². The van der Waals surface area contributed by atoms with E-state index in [0.717, 1.165) is 0 Å². The second kappa shape index (κ2) is 9.39. The highest BCUT2D eigenvalue weighted by Gasteiger charge is 2.38. The Hall–Kier alpha value is -5.24. The molecule has 46 heavy (non-hydrogen) atoms. The van der Waals surface area contributed by atoms with Crippen LogP contribution in [-0.2, 0) is 5.41 Å². The van der Waals surface area contributed by atoms with E-state index in [-0.39, 0.29) is 5.41 Å². The smallest absolute Gasteiger partial charge is 0.0361 e. The molecule has 1 heterocycles. The molecule has 216 valence electrons. The third-order valence-corrected chi connectivity index (χ3v) is 11.5. The second-order valence-electron chi connectivity index (χ2n) is 13.2. The zero-order chi connectivity index (χ0) is 30.6. The van der Waals surface area contributed by atoms with Gasteiger partial charge in [-0.2, -0.15) is 0 Å². The van der Waals surface area contributed by atoms with Crippen LogP contribution in [0.3, 0.4) is 0 Å². The summed E-state index contributed by atoms with van der Waals surface area (Å²) in [5.74, 6) is 0. The molecule has 0 N–H and O–H groups in total. The fourth-order valence-corrected chi connectivity index (χ4v) is 9.60. The van der Waals surface area contributed by atoms with Gasteiger partial charge in [0.2, 0.25) is 0 Å². The summed E-state index contributed by atoms with van der Waals surface area (Å²) in [7, 11) is 0. The number of thiophene rings is 1. The Kier molecular flexibility index (Phi) is 5.31. The van der Waals surface area contributed by atoms with Crippen molar-refractivity contribution in [2.75, 3.05) is 0 Å². The molecule has 0 amide bonds. The first-order valence-corrected chi connectivity index (χ1v) is 16.9. The van der Waals surface area contributed by atoms with E-state index >= 15 is 0 Å². The molecule has 0 saturated carbocycles. The van der Waals surface area contributed by atoms with E-state index < -0.39 is 0 Å². The van der Waals surface area contributed by atoms with E-state index in [2.05, 4.69) is 159 Å². The number of benzene rings is 8. The average Bonchev–Trinajstić information content (AvgIpc) is 3.58. The third kappa shape index (κ3) is 3.44. The van der Waals surface area contributed by atoms with E-state index in [9.17, 15) is 0 Å². The van der Waals surface area contributed by atoms with Gasteiger partial charge in [-0.05, 0) is 101 Å². The molecule has 0 nitrogen and oxygen atoms in total. The minimum absolute atomic E-state index is 0.145. The van der Waals surface area contributed by atoms with Gasteiger partial charge in [-0.15, -0.1) is 11.3 Å². The molecule has 9 aromatic rings. The van der Waals surface area contributed by atoms with E-state index in [4.69, 9.17) is 0 Å². The van der Waals surface area contributed by atoms with Crippen LogP contribution in [0, 0.1) is 0 Å². The summed E-state index contributed by atoms with van der Waals surface area (Å²) in [5, 5.41) is 10.5. The van der Waals surface area contributed by atoms with Gasteiger partial charge in [0.15, 0.2) is 0 Å². The van der Waals surface area contributed by atoms with Crippen LogP contribution in [0.5, 0.6) is 0 Å². The summed E-state index contributed by atoms with van der Waals surface area (Å²) in [5.41, 5.74) is 10.7. The summed E-state index contributed by atoms with van der Waals surface area (Å²) in [6, 6.07) is 54.5. The quantitative estimate of drug-likeness (QED) is 0.173. The molecule has 0 unspecified atom stereocenters. The van der Waals surface area contributed by atoms with Crippen molar-refractivity contribution >= 4 is 63.8 Å². The maximum Gasteiger partial charge on any atom is 0.0361 e. The Bertz CT molecular complexity index is 2660. The van der Waals surface area contributed by atoms with Crippen molar-refractivity contribution < 1.29 is 0 Å². The lowest BCUT2D eigenvalue weighted by atomic mass is 9.76. The maximum atomic E-state index is 2.43. The van der Waals surface area contributed by atoms with Crippen LogP contribution in [0.4, 0.5) is 0 Å². The van der Waals surface area contributed by atoms with Crippen molar-refractivity contribution in [3.63, 3.8) is 0 Å². The Morgan fingerprint density at radius 2 is 0.913 bits per heavy atom. The highest BCUT2D eigenvalue weighted by Crippen LogP contribution is 2.55. The van der Waals surface area contributed by atoms with Gasteiger partial charge >= 0.3 is 0 Å². The van der Waals surface area contributed by atoms with E-state index in [0.29, 0.717) is 0 Å². The molecule has 0 radical (unpaired) electrons. The van der Waals surface area contributed by atoms with E-state index in [1.54, 1.807) is 0 Å². The van der Waals surface area contributed by atoms with Crippen molar-refractivity contribution in [2.45, 2.75) is 19.3 Å². The molecule has 0 bridgehead atoms. The van der Waals surface area contributed by atoms with Gasteiger partial charge in [0.05, 0.1) is 0 Å². The molecule has 0 aliphatic heterocycles. The SMILES string of the molecule is CC1(C)c2cc3ccccc3cc2-c2cccc(-c3c4ccccc4c(-c4cccc5sc6ccccc6c45)c4ccccc34)c21. The van der Waals surface area contributed by atoms with Gasteiger partial charge in [0.1, 0.15) is 0 Å². The zero-order valence-electron chi connectivity index (χ0n) is 25.8. The third-order valence-electron chi connectivity index (χ3n) is 10.4. The molecule has 8 aromatic carbocycles. The molecule has 0 fully saturated rings. The molecule has 1 aliphatic rings. The standard InChI is InChI=1S/C45H30S/c1-45(2)38-26-28-14-4-3-13-27(28)25-37(38)33-20-11-22-36(44(33)45)42-31-17-7-5-15-29(31)41(30-16-6-8-18-32(30)42)35-21-12-24-40-43(35)34-19-9-10-23-39(34)46-40/h3-26H,1-2H3. The molecule has 1 heteroatoms. The fourth-order valence-electron chi connectivity index (χ4n) is 8.47. The Morgan fingerprint density at radius 3 is 1.61 bits per heavy atom. The normalized spacial score (nSPS) is 13.6. The Balaban J connectivity index is 1.33. The minimum Gasteiger partial charge on any atom is -0.135 e. The summed E-state index contributed by atoms with van der Waals surface area (Å²) in [6.07, 6.45) is 0. The first-order valence-electron chi connectivity index (χ1n) is 16.1. The van der Waals surface area contributed by atoms with Crippen molar-refractivity contribution in [1.29, 1.82) is 0 Å². The van der Waals surface area contributed by atoms with Crippen molar-refractivity contribution in [3.05, 3.63) is 157 Å². The topological polar surface area (TPSA) is 0 Å². The van der Waals surface area contributed by atoms with Gasteiger partial charge in [-0.1, -0.05) is 135 Å². The Morgan fingerprint density at radius 1 is 0.413 bits per heavy atom. The van der Waals surface area contributed by atoms with Crippen molar-refractivity contribution in [1.82, 2.24) is 0 Å². The number of rotatable bonds is 2. The summed E-state index contributed by atoms with van der Waals surface area (Å²) in [4.78, 5) is 0. The zero-order valence-corrected chi connectivity index (χ0v) is 26.6. The summed E-state index contributed by atoms with van der Waals surface area (Å²) >= 11 is 1.89. The van der Waals surface area contributed by atoms with Crippen LogP contribution in [0.15, 0.2) is 146 Å². The maximum absolute atomic E-state index is 2.43. The first-order chi connectivity index (χ1) is 22.6. The average molecular weight is 603 g/mol. The molecular formula is C45H30S.